The van der Waals surface area contributed by atoms with Crippen molar-refractivity contribution in [1.29, 1.82) is 0 Å². The van der Waals surface area contributed by atoms with Gasteiger partial charge in [0.15, 0.2) is 0 Å². The van der Waals surface area contributed by atoms with Crippen molar-refractivity contribution in [2.75, 3.05) is 33.0 Å². The zero-order valence-electron chi connectivity index (χ0n) is 12.7. The van der Waals surface area contributed by atoms with E-state index >= 15 is 0 Å². The lowest BCUT2D eigenvalue weighted by molar-refractivity contribution is -0.146. The summed E-state index contributed by atoms with van der Waals surface area (Å²) in [6.45, 7) is -0.0648. The first-order valence-electron chi connectivity index (χ1n) is 6.83. The van der Waals surface area contributed by atoms with Crippen LogP contribution in [0.1, 0.15) is 10.4 Å². The van der Waals surface area contributed by atoms with Crippen LogP contribution in [0.2, 0.25) is 0 Å². The lowest BCUT2D eigenvalue weighted by Crippen LogP contribution is -2.59. The maximum atomic E-state index is 13.2. The first-order valence-corrected chi connectivity index (χ1v) is 8.68. The van der Waals surface area contributed by atoms with Gasteiger partial charge in [-0.25, -0.2) is 12.8 Å². The Morgan fingerprint density at radius 1 is 1.30 bits per heavy atom. The molecule has 0 bridgehead atoms. The van der Waals surface area contributed by atoms with Crippen molar-refractivity contribution in [3.63, 3.8) is 0 Å². The second kappa shape index (κ2) is 6.63. The van der Waals surface area contributed by atoms with Crippen LogP contribution in [0.25, 0.3) is 0 Å². The smallest absolute Gasteiger partial charge is 0.326 e. The van der Waals surface area contributed by atoms with E-state index in [4.69, 9.17) is 0 Å². The molecule has 1 aliphatic rings. The molecule has 9 heteroatoms. The van der Waals surface area contributed by atoms with Crippen LogP contribution in [0.4, 0.5) is 4.39 Å². The molecule has 0 saturated carbocycles. The van der Waals surface area contributed by atoms with Gasteiger partial charge in [-0.05, 0) is 18.2 Å². The van der Waals surface area contributed by atoms with Crippen LogP contribution in [0.15, 0.2) is 24.3 Å². The molecule has 1 fully saturated rings. The normalized spacial score (nSPS) is 19.4. The molecule has 0 spiro atoms. The third-order valence-electron chi connectivity index (χ3n) is 3.59. The number of hydrogen-bond acceptors (Lipinski definition) is 5. The van der Waals surface area contributed by atoms with Crippen LogP contribution < -0.4 is 0 Å². The number of esters is 1. The van der Waals surface area contributed by atoms with Gasteiger partial charge in [0.2, 0.25) is 10.0 Å². The molecule has 1 heterocycles. The highest BCUT2D eigenvalue weighted by molar-refractivity contribution is 7.88. The standard InChI is InChI=1S/C14H17FN2O5S/c1-22-14(19)12-9-16(6-7-17(12)23(2,20)21)13(18)10-4-3-5-11(15)8-10/h3-5,8,12H,6-7,9H2,1-2H3. The molecule has 1 aromatic carbocycles. The monoisotopic (exact) mass is 344 g/mol. The predicted molar refractivity (Wildman–Crippen MR) is 79.7 cm³/mol. The third kappa shape index (κ3) is 3.85. The highest BCUT2D eigenvalue weighted by atomic mass is 32.2. The van der Waals surface area contributed by atoms with Gasteiger partial charge < -0.3 is 9.64 Å². The minimum absolute atomic E-state index is 0.0281. The summed E-state index contributed by atoms with van der Waals surface area (Å²) < 4.78 is 42.4. The van der Waals surface area contributed by atoms with Crippen LogP contribution in [-0.4, -0.2) is 68.5 Å². The van der Waals surface area contributed by atoms with E-state index in [1.807, 2.05) is 0 Å². The predicted octanol–water partition coefficient (Wildman–Crippen LogP) is 0.0847. The van der Waals surface area contributed by atoms with Crippen molar-refractivity contribution in [2.45, 2.75) is 6.04 Å². The number of amides is 1. The van der Waals surface area contributed by atoms with Crippen molar-refractivity contribution < 1.29 is 27.1 Å². The molecule has 1 unspecified atom stereocenters. The molecule has 1 aromatic rings. The fraction of sp³-hybridized carbons (Fsp3) is 0.429. The molecule has 0 aliphatic carbocycles. The molecule has 1 atom stereocenters. The third-order valence-corrected chi connectivity index (χ3v) is 4.88. The zero-order valence-corrected chi connectivity index (χ0v) is 13.5. The van der Waals surface area contributed by atoms with Gasteiger partial charge in [-0.15, -0.1) is 0 Å². The molecular formula is C14H17FN2O5S. The number of rotatable bonds is 3. The number of sulfonamides is 1. The maximum Gasteiger partial charge on any atom is 0.326 e. The van der Waals surface area contributed by atoms with E-state index in [2.05, 4.69) is 4.74 Å². The number of methoxy groups -OCH3 is 1. The first kappa shape index (κ1) is 17.4. The van der Waals surface area contributed by atoms with Gasteiger partial charge in [0.1, 0.15) is 11.9 Å². The number of halogens is 1. The van der Waals surface area contributed by atoms with Crippen molar-refractivity contribution in [3.8, 4) is 0 Å². The largest absolute Gasteiger partial charge is 0.468 e. The number of piperazine rings is 1. The van der Waals surface area contributed by atoms with E-state index in [0.29, 0.717) is 0 Å². The molecule has 0 aromatic heterocycles. The van der Waals surface area contributed by atoms with E-state index in [0.717, 1.165) is 23.7 Å². The van der Waals surface area contributed by atoms with Gasteiger partial charge in [0, 0.05) is 25.2 Å². The molecule has 2 rings (SSSR count). The Morgan fingerprint density at radius 3 is 2.57 bits per heavy atom. The maximum absolute atomic E-state index is 13.2. The van der Waals surface area contributed by atoms with Crippen molar-refractivity contribution in [2.24, 2.45) is 0 Å². The van der Waals surface area contributed by atoms with E-state index in [1.54, 1.807) is 0 Å². The number of carbonyl (C=O) groups excluding carboxylic acids is 2. The first-order chi connectivity index (χ1) is 10.7. The second-order valence-electron chi connectivity index (χ2n) is 5.17. The molecule has 0 N–H and O–H groups in total. The molecular weight excluding hydrogens is 327 g/mol. The van der Waals surface area contributed by atoms with Gasteiger partial charge in [-0.3, -0.25) is 9.59 Å². The van der Waals surface area contributed by atoms with Gasteiger partial charge in [0.25, 0.3) is 5.91 Å². The lowest BCUT2D eigenvalue weighted by atomic mass is 10.1. The van der Waals surface area contributed by atoms with Gasteiger partial charge >= 0.3 is 5.97 Å². The highest BCUT2D eigenvalue weighted by Crippen LogP contribution is 2.17. The number of nitrogens with zero attached hydrogens (tertiary/aromatic N) is 2. The summed E-state index contributed by atoms with van der Waals surface area (Å²) in [5.74, 6) is -1.76. The Balaban J connectivity index is 2.24. The lowest BCUT2D eigenvalue weighted by Gasteiger charge is -2.38. The SMILES string of the molecule is COC(=O)C1CN(C(=O)c2cccc(F)c2)CCN1S(C)(=O)=O. The average molecular weight is 344 g/mol. The summed E-state index contributed by atoms with van der Waals surface area (Å²) in [5, 5.41) is 0. The Morgan fingerprint density at radius 2 is 2.00 bits per heavy atom. The molecule has 1 aliphatic heterocycles. The number of carbonyl (C=O) groups is 2. The van der Waals surface area contributed by atoms with Gasteiger partial charge in [-0.2, -0.15) is 4.31 Å². The summed E-state index contributed by atoms with van der Waals surface area (Å²) in [5.41, 5.74) is 0.140. The van der Waals surface area contributed by atoms with Crippen molar-refractivity contribution in [3.05, 3.63) is 35.6 Å². The van der Waals surface area contributed by atoms with E-state index in [1.165, 1.54) is 23.1 Å². The second-order valence-corrected chi connectivity index (χ2v) is 7.11. The van der Waals surface area contributed by atoms with Crippen LogP contribution in [0.3, 0.4) is 0 Å². The quantitative estimate of drug-likeness (QED) is 0.726. The summed E-state index contributed by atoms with van der Waals surface area (Å²) in [6, 6.07) is 4.07. The van der Waals surface area contributed by atoms with Crippen LogP contribution >= 0.6 is 0 Å². The summed E-state index contributed by atoms with van der Waals surface area (Å²) >= 11 is 0. The molecule has 0 radical (unpaired) electrons. The van der Waals surface area contributed by atoms with Crippen molar-refractivity contribution >= 4 is 21.9 Å². The zero-order chi connectivity index (χ0) is 17.2. The average Bonchev–Trinajstić information content (AvgIpc) is 2.52. The van der Waals surface area contributed by atoms with Crippen molar-refractivity contribution in [1.82, 2.24) is 9.21 Å². The summed E-state index contributed by atoms with van der Waals surface area (Å²) in [6.07, 6.45) is 0.993. The van der Waals surface area contributed by atoms with E-state index in [9.17, 15) is 22.4 Å². The number of benzene rings is 1. The van der Waals surface area contributed by atoms with Crippen LogP contribution in [0, 0.1) is 5.82 Å². The fourth-order valence-electron chi connectivity index (χ4n) is 2.48. The Hall–Kier alpha value is -2.00. The molecule has 23 heavy (non-hydrogen) atoms. The molecule has 1 saturated heterocycles. The Bertz CT molecular complexity index is 722. The highest BCUT2D eigenvalue weighted by Gasteiger charge is 2.39. The minimum Gasteiger partial charge on any atom is -0.468 e. The van der Waals surface area contributed by atoms with Gasteiger partial charge in [0.05, 0.1) is 13.4 Å². The van der Waals surface area contributed by atoms with E-state index < -0.39 is 33.8 Å². The van der Waals surface area contributed by atoms with Crippen LogP contribution in [0.5, 0.6) is 0 Å². The molecule has 1 amide bonds. The van der Waals surface area contributed by atoms with Gasteiger partial charge in [-0.1, -0.05) is 6.07 Å². The molecule has 126 valence electrons. The fourth-order valence-corrected chi connectivity index (χ4v) is 3.51. The topological polar surface area (TPSA) is 84.0 Å². The van der Waals surface area contributed by atoms with Crippen LogP contribution in [-0.2, 0) is 19.6 Å². The Kier molecular flexibility index (Phi) is 5.00. The molecule has 7 nitrogen and oxygen atoms in total. The summed E-state index contributed by atoms with van der Waals surface area (Å²) in [7, 11) is -2.47. The van der Waals surface area contributed by atoms with E-state index in [-0.39, 0.29) is 25.2 Å². The number of hydrogen-bond donors (Lipinski definition) is 0. The minimum atomic E-state index is -3.62. The summed E-state index contributed by atoms with van der Waals surface area (Å²) in [4.78, 5) is 25.6. The number of ether oxygens (including phenoxy) is 1. The Labute approximate surface area is 133 Å².